The average molecular weight is 369 g/mol. The molecule has 2 fully saturated rings. The maximum Gasteiger partial charge on any atom is 0.254 e. The summed E-state index contributed by atoms with van der Waals surface area (Å²) in [6, 6.07) is 8.23. The van der Waals surface area contributed by atoms with E-state index in [1.807, 2.05) is 38.1 Å². The third-order valence-electron chi connectivity index (χ3n) is 6.84. The molecule has 4 heteroatoms. The first-order valence-electron chi connectivity index (χ1n) is 10.8. The summed E-state index contributed by atoms with van der Waals surface area (Å²) in [5, 5.41) is 3.17. The summed E-state index contributed by atoms with van der Waals surface area (Å²) in [4.78, 5) is 29.3. The fraction of sp³-hybridized carbons (Fsp3) is 0.652. The molecule has 2 saturated carbocycles. The van der Waals surface area contributed by atoms with Crippen LogP contribution in [0.4, 0.5) is 0 Å². The molecule has 1 aromatic carbocycles. The lowest BCUT2D eigenvalue weighted by atomic mass is 9.64. The van der Waals surface area contributed by atoms with Crippen molar-refractivity contribution in [1.29, 1.82) is 0 Å². The van der Waals surface area contributed by atoms with Crippen LogP contribution in [0.15, 0.2) is 24.3 Å². The summed E-state index contributed by atoms with van der Waals surface area (Å²) >= 11 is 0. The fourth-order valence-electron chi connectivity index (χ4n) is 5.84. The molecule has 1 aliphatic heterocycles. The molecule has 1 aromatic rings. The molecule has 4 rings (SSSR count). The molecule has 0 saturated heterocycles. The van der Waals surface area contributed by atoms with Crippen molar-refractivity contribution < 1.29 is 9.59 Å². The van der Waals surface area contributed by atoms with Crippen molar-refractivity contribution in [3.63, 3.8) is 0 Å². The van der Waals surface area contributed by atoms with Gasteiger partial charge in [0.15, 0.2) is 0 Å². The Bertz CT molecular complexity index is 715. The normalized spacial score (nSPS) is 25.1. The van der Waals surface area contributed by atoms with Crippen LogP contribution in [0.25, 0.3) is 0 Å². The second-order valence-electron chi connectivity index (χ2n) is 8.96. The fourth-order valence-corrected chi connectivity index (χ4v) is 5.84. The van der Waals surface area contributed by atoms with Gasteiger partial charge in [0.05, 0.1) is 11.5 Å². The number of nitrogens with zero attached hydrogens (tertiary/aromatic N) is 1. The van der Waals surface area contributed by atoms with Gasteiger partial charge >= 0.3 is 0 Å². The molecule has 2 amide bonds. The van der Waals surface area contributed by atoms with Crippen molar-refractivity contribution in [2.24, 2.45) is 0 Å². The summed E-state index contributed by atoms with van der Waals surface area (Å²) in [6.07, 6.45) is 9.83. The van der Waals surface area contributed by atoms with Gasteiger partial charge in [0.1, 0.15) is 0 Å². The lowest BCUT2D eigenvalue weighted by Crippen LogP contribution is -2.65. The number of nitrogens with one attached hydrogen (secondary N) is 1. The van der Waals surface area contributed by atoms with E-state index in [4.69, 9.17) is 0 Å². The molecule has 1 unspecified atom stereocenters. The van der Waals surface area contributed by atoms with Crippen LogP contribution in [0.5, 0.6) is 0 Å². The summed E-state index contributed by atoms with van der Waals surface area (Å²) in [5.74, 6) is -0.00227. The Kier molecular flexibility index (Phi) is 5.00. The van der Waals surface area contributed by atoms with Crippen molar-refractivity contribution in [1.82, 2.24) is 10.2 Å². The highest BCUT2D eigenvalue weighted by atomic mass is 16.2. The van der Waals surface area contributed by atoms with E-state index in [2.05, 4.69) is 10.2 Å². The molecule has 4 nitrogen and oxygen atoms in total. The quantitative estimate of drug-likeness (QED) is 0.860. The molecule has 146 valence electrons. The van der Waals surface area contributed by atoms with Gasteiger partial charge in [-0.05, 0) is 51.2 Å². The standard InChI is InChI=1S/C23H32N2O2/c1-16(2)24-21(26)20-18-12-6-7-13-19(18)22(27)25(17-10-4-5-11-17)23(20)14-8-3-9-15-23/h6-7,12-13,16-17,20H,3-5,8-11,14-15H2,1-2H3,(H,24,26). The Hall–Kier alpha value is -1.84. The third-order valence-corrected chi connectivity index (χ3v) is 6.84. The van der Waals surface area contributed by atoms with Crippen molar-refractivity contribution in [3.8, 4) is 0 Å². The average Bonchev–Trinajstić information content (AvgIpc) is 3.16. The SMILES string of the molecule is CC(C)NC(=O)C1c2ccccc2C(=O)N(C2CCCC2)C12CCCCC2. The van der Waals surface area contributed by atoms with Crippen LogP contribution in [0.1, 0.15) is 93.5 Å². The maximum absolute atomic E-state index is 13.7. The van der Waals surface area contributed by atoms with Gasteiger partial charge < -0.3 is 10.2 Å². The first kappa shape index (κ1) is 18.5. The lowest BCUT2D eigenvalue weighted by molar-refractivity contribution is -0.128. The van der Waals surface area contributed by atoms with Crippen LogP contribution in [-0.2, 0) is 4.79 Å². The van der Waals surface area contributed by atoms with Crippen molar-refractivity contribution >= 4 is 11.8 Å². The Balaban J connectivity index is 1.87. The molecule has 1 spiro atoms. The van der Waals surface area contributed by atoms with E-state index >= 15 is 0 Å². The van der Waals surface area contributed by atoms with E-state index in [0.717, 1.165) is 49.7 Å². The Morgan fingerprint density at radius 2 is 1.74 bits per heavy atom. The van der Waals surface area contributed by atoms with E-state index in [-0.39, 0.29) is 29.3 Å². The molecular formula is C23H32N2O2. The van der Waals surface area contributed by atoms with Crippen molar-refractivity contribution in [3.05, 3.63) is 35.4 Å². The molecule has 1 heterocycles. The number of benzene rings is 1. The van der Waals surface area contributed by atoms with Gasteiger partial charge in [0, 0.05) is 17.6 Å². The first-order chi connectivity index (χ1) is 13.0. The Morgan fingerprint density at radius 1 is 1.07 bits per heavy atom. The van der Waals surface area contributed by atoms with Gasteiger partial charge in [-0.2, -0.15) is 0 Å². The minimum Gasteiger partial charge on any atom is -0.353 e. The molecule has 3 aliphatic rings. The molecular weight excluding hydrogens is 336 g/mol. The molecule has 0 bridgehead atoms. The van der Waals surface area contributed by atoms with Crippen LogP contribution in [0.2, 0.25) is 0 Å². The first-order valence-corrected chi connectivity index (χ1v) is 10.8. The number of carbonyl (C=O) groups is 2. The predicted molar refractivity (Wildman–Crippen MR) is 107 cm³/mol. The van der Waals surface area contributed by atoms with E-state index in [1.165, 1.54) is 19.3 Å². The Morgan fingerprint density at radius 3 is 2.41 bits per heavy atom. The largest absolute Gasteiger partial charge is 0.353 e. The van der Waals surface area contributed by atoms with E-state index < -0.39 is 0 Å². The number of hydrogen-bond donors (Lipinski definition) is 1. The van der Waals surface area contributed by atoms with Gasteiger partial charge in [-0.15, -0.1) is 0 Å². The number of amides is 2. The second kappa shape index (κ2) is 7.29. The highest BCUT2D eigenvalue weighted by molar-refractivity contribution is 6.02. The summed E-state index contributed by atoms with van der Waals surface area (Å²) in [5.41, 5.74) is 1.33. The van der Waals surface area contributed by atoms with E-state index in [9.17, 15) is 9.59 Å². The number of rotatable bonds is 3. The molecule has 1 N–H and O–H groups in total. The summed E-state index contributed by atoms with van der Waals surface area (Å²) < 4.78 is 0. The molecule has 27 heavy (non-hydrogen) atoms. The topological polar surface area (TPSA) is 49.4 Å². The van der Waals surface area contributed by atoms with Crippen LogP contribution in [0.3, 0.4) is 0 Å². The zero-order valence-corrected chi connectivity index (χ0v) is 16.7. The second-order valence-corrected chi connectivity index (χ2v) is 8.96. The monoisotopic (exact) mass is 368 g/mol. The molecule has 2 aliphatic carbocycles. The number of carbonyl (C=O) groups excluding carboxylic acids is 2. The highest BCUT2D eigenvalue weighted by Gasteiger charge is 2.56. The molecule has 1 atom stereocenters. The summed E-state index contributed by atoms with van der Waals surface area (Å²) in [7, 11) is 0. The zero-order valence-electron chi connectivity index (χ0n) is 16.7. The molecule has 0 radical (unpaired) electrons. The van der Waals surface area contributed by atoms with Crippen molar-refractivity contribution in [2.75, 3.05) is 0 Å². The smallest absolute Gasteiger partial charge is 0.254 e. The zero-order chi connectivity index (χ0) is 19.0. The van der Waals surface area contributed by atoms with Crippen molar-refractivity contribution in [2.45, 2.75) is 95.2 Å². The minimum atomic E-state index is -0.350. The minimum absolute atomic E-state index is 0.0925. The van der Waals surface area contributed by atoms with Gasteiger partial charge in [-0.1, -0.05) is 50.3 Å². The summed E-state index contributed by atoms with van der Waals surface area (Å²) in [6.45, 7) is 4.03. The van der Waals surface area contributed by atoms with Crippen LogP contribution in [-0.4, -0.2) is 34.3 Å². The predicted octanol–water partition coefficient (Wildman–Crippen LogP) is 4.40. The number of fused-ring (bicyclic) bond motifs is 1. The van der Waals surface area contributed by atoms with Crippen LogP contribution < -0.4 is 5.32 Å². The third kappa shape index (κ3) is 3.07. The molecule has 0 aromatic heterocycles. The number of hydrogen-bond acceptors (Lipinski definition) is 2. The lowest BCUT2D eigenvalue weighted by Gasteiger charge is -2.56. The highest BCUT2D eigenvalue weighted by Crippen LogP contribution is 2.51. The van der Waals surface area contributed by atoms with Gasteiger partial charge in [-0.25, -0.2) is 0 Å². The van der Waals surface area contributed by atoms with E-state index in [0.29, 0.717) is 6.04 Å². The van der Waals surface area contributed by atoms with Crippen LogP contribution >= 0.6 is 0 Å². The Labute approximate surface area is 162 Å². The van der Waals surface area contributed by atoms with Gasteiger partial charge in [-0.3, -0.25) is 9.59 Å². The van der Waals surface area contributed by atoms with Gasteiger partial charge in [0.2, 0.25) is 5.91 Å². The van der Waals surface area contributed by atoms with Crippen LogP contribution in [0, 0.1) is 0 Å². The van der Waals surface area contributed by atoms with E-state index in [1.54, 1.807) is 0 Å². The van der Waals surface area contributed by atoms with Gasteiger partial charge in [0.25, 0.3) is 5.91 Å². The maximum atomic E-state index is 13.7.